The number of para-hydroxylation sites is 1. The highest BCUT2D eigenvalue weighted by Crippen LogP contribution is 2.33. The normalized spacial score (nSPS) is 14.3. The van der Waals surface area contributed by atoms with Gasteiger partial charge in [0.1, 0.15) is 0 Å². The van der Waals surface area contributed by atoms with Crippen LogP contribution in [0.15, 0.2) is 41.3 Å². The molecular weight excluding hydrogens is 406 g/mol. The number of methoxy groups -OCH3 is 2. The number of benzene rings is 2. The summed E-state index contributed by atoms with van der Waals surface area (Å²) in [4.78, 5) is 23.2. The van der Waals surface area contributed by atoms with Crippen LogP contribution in [0.4, 0.5) is 5.13 Å². The smallest absolute Gasteiger partial charge is 0.257 e. The van der Waals surface area contributed by atoms with Gasteiger partial charge in [-0.25, -0.2) is 4.98 Å². The molecule has 0 aliphatic carbocycles. The van der Waals surface area contributed by atoms with Crippen molar-refractivity contribution in [2.24, 2.45) is 0 Å². The van der Waals surface area contributed by atoms with Crippen LogP contribution in [0.25, 0.3) is 10.2 Å². The van der Waals surface area contributed by atoms with Crippen molar-refractivity contribution in [2.75, 3.05) is 51.6 Å². The molecule has 2 heterocycles. The quantitative estimate of drug-likeness (QED) is 0.572. The molecule has 1 aliphatic heterocycles. The van der Waals surface area contributed by atoms with Gasteiger partial charge in [0.15, 0.2) is 16.6 Å². The summed E-state index contributed by atoms with van der Waals surface area (Å²) in [6.45, 7) is 2.80. The van der Waals surface area contributed by atoms with E-state index in [9.17, 15) is 4.79 Å². The first-order valence-corrected chi connectivity index (χ1v) is 11.4. The maximum absolute atomic E-state index is 13.1. The van der Waals surface area contributed by atoms with E-state index in [4.69, 9.17) is 14.5 Å². The van der Waals surface area contributed by atoms with Crippen LogP contribution in [0.1, 0.15) is 10.4 Å². The van der Waals surface area contributed by atoms with Gasteiger partial charge in [-0.3, -0.25) is 4.79 Å². The van der Waals surface area contributed by atoms with E-state index in [-0.39, 0.29) is 5.91 Å². The van der Waals surface area contributed by atoms with Crippen LogP contribution in [0.3, 0.4) is 0 Å². The van der Waals surface area contributed by atoms with Gasteiger partial charge in [0.25, 0.3) is 5.91 Å². The summed E-state index contributed by atoms with van der Waals surface area (Å²) in [6, 6.07) is 11.8. The molecule has 1 aromatic heterocycles. The number of carbonyl (C=O) groups excluding carboxylic acids is 1. The highest BCUT2D eigenvalue weighted by Gasteiger charge is 2.26. The summed E-state index contributed by atoms with van der Waals surface area (Å²) >= 11 is 3.45. The van der Waals surface area contributed by atoms with Crippen molar-refractivity contribution in [3.63, 3.8) is 0 Å². The molecular formula is C21H23N3O3S2. The van der Waals surface area contributed by atoms with Crippen LogP contribution in [-0.2, 0) is 0 Å². The van der Waals surface area contributed by atoms with Gasteiger partial charge in [-0.2, -0.15) is 0 Å². The highest BCUT2D eigenvalue weighted by atomic mass is 32.2. The maximum atomic E-state index is 13.1. The lowest BCUT2D eigenvalue weighted by atomic mass is 10.1. The van der Waals surface area contributed by atoms with E-state index in [0.29, 0.717) is 30.2 Å². The van der Waals surface area contributed by atoms with Crippen molar-refractivity contribution in [1.82, 2.24) is 9.88 Å². The molecule has 0 atom stereocenters. The van der Waals surface area contributed by atoms with E-state index >= 15 is 0 Å². The molecule has 0 N–H and O–H groups in total. The Bertz CT molecular complexity index is 1030. The van der Waals surface area contributed by atoms with Crippen molar-refractivity contribution >= 4 is 44.4 Å². The second-order valence-corrected chi connectivity index (χ2v) is 8.54. The van der Waals surface area contributed by atoms with E-state index in [2.05, 4.69) is 29.4 Å². The number of anilines is 1. The fraction of sp³-hybridized carbons (Fsp3) is 0.333. The maximum Gasteiger partial charge on any atom is 0.257 e. The fourth-order valence-corrected chi connectivity index (χ4v) is 5.05. The van der Waals surface area contributed by atoms with Crippen molar-refractivity contribution in [3.05, 3.63) is 42.0 Å². The third-order valence-corrected chi connectivity index (χ3v) is 6.86. The van der Waals surface area contributed by atoms with E-state index < -0.39 is 0 Å². The zero-order valence-corrected chi connectivity index (χ0v) is 18.3. The predicted molar refractivity (Wildman–Crippen MR) is 119 cm³/mol. The Hall–Kier alpha value is -2.45. The Balaban J connectivity index is 1.48. The van der Waals surface area contributed by atoms with E-state index in [0.717, 1.165) is 23.7 Å². The first-order valence-electron chi connectivity index (χ1n) is 9.34. The van der Waals surface area contributed by atoms with Gasteiger partial charge in [0.05, 0.1) is 30.0 Å². The molecule has 29 heavy (non-hydrogen) atoms. The summed E-state index contributed by atoms with van der Waals surface area (Å²) in [5.74, 6) is 1.02. The number of ether oxygens (including phenoxy) is 2. The zero-order valence-electron chi connectivity index (χ0n) is 16.7. The number of carbonyl (C=O) groups is 1. The molecule has 152 valence electrons. The highest BCUT2D eigenvalue weighted by molar-refractivity contribution is 7.98. The van der Waals surface area contributed by atoms with Gasteiger partial charge in [-0.15, -0.1) is 11.8 Å². The van der Waals surface area contributed by atoms with Crippen molar-refractivity contribution in [3.8, 4) is 11.5 Å². The van der Waals surface area contributed by atoms with Crippen molar-refractivity contribution < 1.29 is 14.3 Å². The minimum atomic E-state index is -0.0330. The zero-order chi connectivity index (χ0) is 20.4. The molecule has 2 aromatic carbocycles. The summed E-state index contributed by atoms with van der Waals surface area (Å²) in [5.41, 5.74) is 1.56. The second kappa shape index (κ2) is 8.51. The van der Waals surface area contributed by atoms with Gasteiger partial charge in [-0.1, -0.05) is 17.4 Å². The first kappa shape index (κ1) is 19.8. The largest absolute Gasteiger partial charge is 0.493 e. The molecule has 0 bridgehead atoms. The SMILES string of the molecule is COc1cccc(C(=O)N2CCN(c3nc4ccc(SC)cc4s3)CC2)c1OC. The van der Waals surface area contributed by atoms with Crippen LogP contribution in [-0.4, -0.2) is 62.4 Å². The summed E-state index contributed by atoms with van der Waals surface area (Å²) in [5, 5.41) is 1.02. The molecule has 1 amide bonds. The van der Waals surface area contributed by atoms with Gasteiger partial charge >= 0.3 is 0 Å². The number of amides is 1. The minimum Gasteiger partial charge on any atom is -0.493 e. The third kappa shape index (κ3) is 3.86. The van der Waals surface area contributed by atoms with Crippen molar-refractivity contribution in [2.45, 2.75) is 4.90 Å². The number of piperazine rings is 1. The topological polar surface area (TPSA) is 54.9 Å². The lowest BCUT2D eigenvalue weighted by Gasteiger charge is -2.34. The van der Waals surface area contributed by atoms with E-state index in [1.165, 1.54) is 9.60 Å². The Morgan fingerprint density at radius 3 is 2.59 bits per heavy atom. The summed E-state index contributed by atoms with van der Waals surface area (Å²) < 4.78 is 12.0. The third-order valence-electron chi connectivity index (χ3n) is 5.06. The van der Waals surface area contributed by atoms with E-state index in [1.807, 2.05) is 11.0 Å². The second-order valence-electron chi connectivity index (χ2n) is 6.65. The average Bonchev–Trinajstić information content (AvgIpc) is 3.21. The van der Waals surface area contributed by atoms with Crippen LogP contribution in [0.2, 0.25) is 0 Å². The summed E-state index contributed by atoms with van der Waals surface area (Å²) in [6.07, 6.45) is 2.08. The predicted octanol–water partition coefficient (Wildman–Crippen LogP) is 4.00. The number of nitrogens with zero attached hydrogens (tertiary/aromatic N) is 3. The minimum absolute atomic E-state index is 0.0330. The molecule has 8 heteroatoms. The lowest BCUT2D eigenvalue weighted by Crippen LogP contribution is -2.48. The van der Waals surface area contributed by atoms with Gasteiger partial charge in [0, 0.05) is 31.1 Å². The standard InChI is InChI=1S/C21H23N3O3S2/c1-26-17-6-4-5-15(19(17)27-2)20(25)23-9-11-24(12-10-23)21-22-16-8-7-14(28-3)13-18(16)29-21/h4-8,13H,9-12H2,1-3H3. The van der Waals surface area contributed by atoms with E-state index in [1.54, 1.807) is 49.5 Å². The number of hydrogen-bond donors (Lipinski definition) is 0. The number of aromatic nitrogens is 1. The molecule has 3 aromatic rings. The Morgan fingerprint density at radius 2 is 1.90 bits per heavy atom. The monoisotopic (exact) mass is 429 g/mol. The molecule has 4 rings (SSSR count). The lowest BCUT2D eigenvalue weighted by molar-refractivity contribution is 0.0742. The Kier molecular flexibility index (Phi) is 5.82. The molecule has 1 saturated heterocycles. The Labute approximate surface area is 178 Å². The molecule has 1 fully saturated rings. The van der Waals surface area contributed by atoms with Crippen LogP contribution in [0.5, 0.6) is 11.5 Å². The number of hydrogen-bond acceptors (Lipinski definition) is 7. The number of rotatable bonds is 5. The molecule has 0 spiro atoms. The molecule has 0 radical (unpaired) electrons. The molecule has 6 nitrogen and oxygen atoms in total. The van der Waals surface area contributed by atoms with Crippen molar-refractivity contribution in [1.29, 1.82) is 0 Å². The molecule has 1 aliphatic rings. The van der Waals surface area contributed by atoms with Gasteiger partial charge < -0.3 is 19.3 Å². The van der Waals surface area contributed by atoms with Crippen LogP contribution in [0, 0.1) is 0 Å². The Morgan fingerprint density at radius 1 is 1.10 bits per heavy atom. The van der Waals surface area contributed by atoms with Crippen LogP contribution < -0.4 is 14.4 Å². The fourth-order valence-electron chi connectivity index (χ4n) is 3.48. The van der Waals surface area contributed by atoms with Gasteiger partial charge in [-0.05, 0) is 36.6 Å². The van der Waals surface area contributed by atoms with Crippen LogP contribution >= 0.6 is 23.1 Å². The number of thiazole rings is 1. The molecule has 0 unspecified atom stereocenters. The first-order chi connectivity index (χ1) is 14.1. The van der Waals surface area contributed by atoms with Gasteiger partial charge in [0.2, 0.25) is 0 Å². The summed E-state index contributed by atoms with van der Waals surface area (Å²) in [7, 11) is 3.13. The molecule has 0 saturated carbocycles. The average molecular weight is 430 g/mol. The number of thioether (sulfide) groups is 1. The number of fused-ring (bicyclic) bond motifs is 1.